The van der Waals surface area contributed by atoms with Crippen LogP contribution < -0.4 is 10.9 Å². The number of carbonyl (C=O) groups excluding carboxylic acids is 3. The number of nitrogens with zero attached hydrogens (tertiary/aromatic N) is 1. The predicted octanol–water partition coefficient (Wildman–Crippen LogP) is 2.45. The van der Waals surface area contributed by atoms with Crippen molar-refractivity contribution in [3.05, 3.63) is 88.6 Å². The number of fused-ring (bicyclic) bond motifs is 2. The van der Waals surface area contributed by atoms with Crippen molar-refractivity contribution in [1.29, 1.82) is 0 Å². The van der Waals surface area contributed by atoms with Gasteiger partial charge in [0.2, 0.25) is 5.78 Å². The van der Waals surface area contributed by atoms with E-state index in [1.807, 2.05) is 0 Å². The molecule has 2 heterocycles. The first kappa shape index (κ1) is 16.9. The number of amides is 1. The van der Waals surface area contributed by atoms with E-state index in [2.05, 4.69) is 15.8 Å². The summed E-state index contributed by atoms with van der Waals surface area (Å²) in [5.41, 5.74) is 6.78. The first-order valence-electron chi connectivity index (χ1n) is 8.34. The van der Waals surface area contributed by atoms with Crippen LogP contribution in [0.5, 0.6) is 0 Å². The fourth-order valence-electron chi connectivity index (χ4n) is 2.93. The third kappa shape index (κ3) is 2.94. The Labute approximate surface area is 154 Å². The molecule has 7 heteroatoms. The van der Waals surface area contributed by atoms with Crippen molar-refractivity contribution in [1.82, 2.24) is 15.8 Å². The van der Waals surface area contributed by atoms with Gasteiger partial charge < -0.3 is 4.42 Å². The second-order valence-electron chi connectivity index (χ2n) is 6.15. The summed E-state index contributed by atoms with van der Waals surface area (Å²) in [4.78, 5) is 41.2. The summed E-state index contributed by atoms with van der Waals surface area (Å²) in [7, 11) is 0. The van der Waals surface area contributed by atoms with E-state index in [-0.39, 0.29) is 28.8 Å². The number of carbonyl (C=O) groups is 3. The van der Waals surface area contributed by atoms with Gasteiger partial charge in [-0.1, -0.05) is 24.3 Å². The molecule has 1 atom stereocenters. The average Bonchev–Trinajstić information content (AvgIpc) is 3.17. The summed E-state index contributed by atoms with van der Waals surface area (Å²) >= 11 is 0. The maximum absolute atomic E-state index is 12.6. The number of ketones is 2. The van der Waals surface area contributed by atoms with Crippen LogP contribution >= 0.6 is 0 Å². The van der Waals surface area contributed by atoms with Gasteiger partial charge in [-0.05, 0) is 25.1 Å². The van der Waals surface area contributed by atoms with Crippen molar-refractivity contribution in [3.8, 4) is 0 Å². The molecule has 7 nitrogen and oxygen atoms in total. The fraction of sp³-hybridized carbons (Fsp3) is 0.100. The molecule has 2 aromatic heterocycles. The number of aromatic nitrogens is 1. The summed E-state index contributed by atoms with van der Waals surface area (Å²) < 4.78 is 5.65. The van der Waals surface area contributed by atoms with Gasteiger partial charge in [-0.2, -0.15) is 0 Å². The standard InChI is InChI=1S/C20H15N3O4/c1-11(22-23-20(26)12-6-8-21-9-7-12)16-10-15-17(24)13-4-2-3-5-14(13)18(25)19(15)27-16/h2-11,22H,1H3,(H,23,26)/t11-/m0/s1. The lowest BCUT2D eigenvalue weighted by Crippen LogP contribution is -2.38. The molecule has 3 aromatic rings. The number of rotatable bonds is 4. The van der Waals surface area contributed by atoms with Gasteiger partial charge in [-0.15, -0.1) is 0 Å². The Morgan fingerprint density at radius 3 is 2.37 bits per heavy atom. The summed E-state index contributed by atoms with van der Waals surface area (Å²) in [5.74, 6) is -0.491. The van der Waals surface area contributed by atoms with Crippen molar-refractivity contribution in [2.45, 2.75) is 13.0 Å². The van der Waals surface area contributed by atoms with Crippen LogP contribution in [0.15, 0.2) is 59.3 Å². The molecule has 2 N–H and O–H groups in total. The number of pyridine rings is 1. The molecule has 0 fully saturated rings. The van der Waals surface area contributed by atoms with Gasteiger partial charge in [0.1, 0.15) is 5.76 Å². The number of nitrogens with one attached hydrogen (secondary N) is 2. The molecule has 134 valence electrons. The zero-order chi connectivity index (χ0) is 19.0. The van der Waals surface area contributed by atoms with Crippen molar-refractivity contribution < 1.29 is 18.8 Å². The number of benzene rings is 1. The SMILES string of the molecule is C[C@H](NNC(=O)c1ccncc1)c1cc2c(o1)C(=O)c1ccccc1C2=O. The van der Waals surface area contributed by atoms with Crippen LogP contribution in [0.25, 0.3) is 0 Å². The Bertz CT molecular complexity index is 1000. The molecule has 1 amide bonds. The maximum Gasteiger partial charge on any atom is 0.265 e. The minimum Gasteiger partial charge on any atom is -0.455 e. The highest BCUT2D eigenvalue weighted by Gasteiger charge is 2.34. The molecule has 1 aliphatic carbocycles. The molecule has 0 unspecified atom stereocenters. The lowest BCUT2D eigenvalue weighted by atomic mass is 9.88. The number of hydrogen-bond acceptors (Lipinski definition) is 6. The van der Waals surface area contributed by atoms with Crippen LogP contribution in [-0.2, 0) is 0 Å². The highest BCUT2D eigenvalue weighted by molar-refractivity contribution is 6.27. The monoisotopic (exact) mass is 361 g/mol. The summed E-state index contributed by atoms with van der Waals surface area (Å²) in [6, 6.07) is 10.9. The summed E-state index contributed by atoms with van der Waals surface area (Å²) in [5, 5.41) is 0. The Balaban J connectivity index is 1.53. The van der Waals surface area contributed by atoms with Crippen LogP contribution in [0.4, 0.5) is 0 Å². The zero-order valence-electron chi connectivity index (χ0n) is 14.4. The van der Waals surface area contributed by atoms with Gasteiger partial charge in [0.25, 0.3) is 5.91 Å². The van der Waals surface area contributed by atoms with Crippen LogP contribution in [0.1, 0.15) is 61.1 Å². The second kappa shape index (κ2) is 6.62. The van der Waals surface area contributed by atoms with E-state index in [0.717, 1.165) is 0 Å². The van der Waals surface area contributed by atoms with Crippen molar-refractivity contribution in [2.75, 3.05) is 0 Å². The zero-order valence-corrected chi connectivity index (χ0v) is 14.4. The second-order valence-corrected chi connectivity index (χ2v) is 6.15. The Morgan fingerprint density at radius 1 is 1.00 bits per heavy atom. The normalized spacial score (nSPS) is 13.7. The van der Waals surface area contributed by atoms with Crippen molar-refractivity contribution in [3.63, 3.8) is 0 Å². The Kier molecular flexibility index (Phi) is 4.13. The maximum atomic E-state index is 12.6. The van der Waals surface area contributed by atoms with Gasteiger partial charge in [-0.3, -0.25) is 24.8 Å². The number of furan rings is 1. The van der Waals surface area contributed by atoms with Crippen LogP contribution in [0.3, 0.4) is 0 Å². The van der Waals surface area contributed by atoms with E-state index < -0.39 is 6.04 Å². The topological polar surface area (TPSA) is 101 Å². The lowest BCUT2D eigenvalue weighted by molar-refractivity contribution is 0.0921. The molecule has 1 aromatic carbocycles. The van der Waals surface area contributed by atoms with Gasteiger partial charge in [-0.25, -0.2) is 5.43 Å². The van der Waals surface area contributed by atoms with E-state index in [1.165, 1.54) is 12.4 Å². The first-order valence-corrected chi connectivity index (χ1v) is 8.34. The summed E-state index contributed by atoms with van der Waals surface area (Å²) in [6.07, 6.45) is 3.04. The van der Waals surface area contributed by atoms with E-state index in [9.17, 15) is 14.4 Å². The van der Waals surface area contributed by atoms with E-state index >= 15 is 0 Å². The molecule has 0 aliphatic heterocycles. The molecular weight excluding hydrogens is 346 g/mol. The third-order valence-corrected chi connectivity index (χ3v) is 4.39. The largest absolute Gasteiger partial charge is 0.455 e. The molecule has 0 radical (unpaired) electrons. The number of hydrazine groups is 1. The lowest BCUT2D eigenvalue weighted by Gasteiger charge is -2.12. The van der Waals surface area contributed by atoms with E-state index in [4.69, 9.17) is 4.42 Å². The van der Waals surface area contributed by atoms with Crippen molar-refractivity contribution in [2.24, 2.45) is 0 Å². The third-order valence-electron chi connectivity index (χ3n) is 4.39. The molecular formula is C20H15N3O4. The fourth-order valence-corrected chi connectivity index (χ4v) is 2.93. The van der Waals surface area contributed by atoms with Gasteiger partial charge in [0.15, 0.2) is 11.5 Å². The Hall–Kier alpha value is -3.58. The summed E-state index contributed by atoms with van der Waals surface area (Å²) in [6.45, 7) is 1.75. The molecule has 0 saturated carbocycles. The Morgan fingerprint density at radius 2 is 1.67 bits per heavy atom. The van der Waals surface area contributed by atoms with Gasteiger partial charge in [0, 0.05) is 29.1 Å². The molecule has 27 heavy (non-hydrogen) atoms. The van der Waals surface area contributed by atoms with Crippen LogP contribution in [0.2, 0.25) is 0 Å². The quantitative estimate of drug-likeness (QED) is 0.542. The number of hydrogen-bond donors (Lipinski definition) is 2. The van der Waals surface area contributed by atoms with E-state index in [0.29, 0.717) is 22.5 Å². The smallest absolute Gasteiger partial charge is 0.265 e. The van der Waals surface area contributed by atoms with E-state index in [1.54, 1.807) is 49.4 Å². The highest BCUT2D eigenvalue weighted by atomic mass is 16.4. The minimum atomic E-state index is -0.454. The van der Waals surface area contributed by atoms with Crippen LogP contribution in [0, 0.1) is 0 Å². The van der Waals surface area contributed by atoms with Crippen molar-refractivity contribution >= 4 is 17.5 Å². The predicted molar refractivity (Wildman–Crippen MR) is 95.3 cm³/mol. The average molecular weight is 361 g/mol. The van der Waals surface area contributed by atoms with Crippen LogP contribution in [-0.4, -0.2) is 22.5 Å². The first-order chi connectivity index (χ1) is 13.1. The molecule has 0 saturated heterocycles. The van der Waals surface area contributed by atoms with Gasteiger partial charge >= 0.3 is 0 Å². The molecule has 0 spiro atoms. The molecule has 4 rings (SSSR count). The highest BCUT2D eigenvalue weighted by Crippen LogP contribution is 2.31. The molecule has 0 bridgehead atoms. The molecule has 1 aliphatic rings. The van der Waals surface area contributed by atoms with Gasteiger partial charge in [0.05, 0.1) is 11.6 Å². The minimum absolute atomic E-state index is 0.0304.